The van der Waals surface area contributed by atoms with Gasteiger partial charge in [-0.1, -0.05) is 35.9 Å². The first-order valence-electron chi connectivity index (χ1n) is 6.80. The van der Waals surface area contributed by atoms with Gasteiger partial charge >= 0.3 is 11.9 Å². The Kier molecular flexibility index (Phi) is 4.15. The van der Waals surface area contributed by atoms with Crippen LogP contribution in [0.1, 0.15) is 11.1 Å². The molecule has 0 aliphatic carbocycles. The molecule has 3 rings (SSSR count). The van der Waals surface area contributed by atoms with Gasteiger partial charge in [0.05, 0.1) is 22.8 Å². The number of halogens is 4. The fourth-order valence-electron chi connectivity index (χ4n) is 2.12. The summed E-state index contributed by atoms with van der Waals surface area (Å²) in [6.45, 7) is 0.00141. The molecule has 0 radical (unpaired) electrons. The smallest absolute Gasteiger partial charge is 0.244 e. The van der Waals surface area contributed by atoms with Gasteiger partial charge < -0.3 is 0 Å². The van der Waals surface area contributed by atoms with E-state index in [-0.39, 0.29) is 6.54 Å². The normalized spacial score (nSPS) is 11.7. The van der Waals surface area contributed by atoms with Crippen molar-refractivity contribution in [2.24, 2.45) is 0 Å². The summed E-state index contributed by atoms with van der Waals surface area (Å²) in [5.74, 6) is 0. The van der Waals surface area contributed by atoms with Gasteiger partial charge in [-0.25, -0.2) is 4.79 Å². The highest BCUT2D eigenvalue weighted by molar-refractivity contribution is 6.32. The summed E-state index contributed by atoms with van der Waals surface area (Å²) in [6.07, 6.45) is -4.40. The molecule has 0 unspecified atom stereocenters. The van der Waals surface area contributed by atoms with E-state index in [2.05, 4.69) is 10.4 Å². The Hall–Kier alpha value is -2.61. The van der Waals surface area contributed by atoms with Gasteiger partial charge in [0.25, 0.3) is 0 Å². The number of rotatable bonds is 3. The topological polar surface area (TPSA) is 52.7 Å². The molecular formula is C15H10ClF3N4O. The van der Waals surface area contributed by atoms with Crippen molar-refractivity contribution in [3.63, 3.8) is 0 Å². The van der Waals surface area contributed by atoms with Crippen LogP contribution in [0.5, 0.6) is 0 Å². The van der Waals surface area contributed by atoms with Gasteiger partial charge in [-0.15, -0.1) is 0 Å². The van der Waals surface area contributed by atoms with Crippen molar-refractivity contribution in [2.75, 3.05) is 0 Å². The second-order valence-corrected chi connectivity index (χ2v) is 5.38. The third-order valence-corrected chi connectivity index (χ3v) is 3.65. The fraction of sp³-hybridized carbons (Fsp3) is 0.133. The average Bonchev–Trinajstić information content (AvgIpc) is 2.88. The molecule has 0 N–H and O–H groups in total. The number of aromatic nitrogens is 4. The molecule has 1 heterocycles. The summed E-state index contributed by atoms with van der Waals surface area (Å²) in [4.78, 5) is 12.3. The highest BCUT2D eigenvalue weighted by Crippen LogP contribution is 2.29. The van der Waals surface area contributed by atoms with Gasteiger partial charge in [-0.2, -0.15) is 22.5 Å². The number of benzene rings is 2. The van der Waals surface area contributed by atoms with Crippen LogP contribution in [-0.4, -0.2) is 19.8 Å². The number of alkyl halides is 3. The van der Waals surface area contributed by atoms with E-state index in [9.17, 15) is 18.0 Å². The fourth-order valence-corrected chi connectivity index (χ4v) is 2.34. The van der Waals surface area contributed by atoms with Crippen LogP contribution in [0.3, 0.4) is 0 Å². The first-order chi connectivity index (χ1) is 11.4. The molecule has 0 saturated carbocycles. The minimum atomic E-state index is -4.40. The lowest BCUT2D eigenvalue weighted by Crippen LogP contribution is -2.25. The molecule has 24 heavy (non-hydrogen) atoms. The lowest BCUT2D eigenvalue weighted by molar-refractivity contribution is -0.137. The van der Waals surface area contributed by atoms with Crippen LogP contribution in [0.2, 0.25) is 5.02 Å². The molecule has 0 aliphatic rings. The third-order valence-electron chi connectivity index (χ3n) is 3.33. The monoisotopic (exact) mass is 354 g/mol. The minimum absolute atomic E-state index is 0.00141. The van der Waals surface area contributed by atoms with E-state index in [0.717, 1.165) is 21.5 Å². The molecule has 1 aromatic heterocycles. The van der Waals surface area contributed by atoms with E-state index in [1.54, 1.807) is 24.3 Å². The predicted molar refractivity (Wildman–Crippen MR) is 81.2 cm³/mol. The Labute approximate surface area is 138 Å². The van der Waals surface area contributed by atoms with Crippen molar-refractivity contribution in [3.8, 4) is 5.69 Å². The Bertz CT molecular complexity index is 915. The van der Waals surface area contributed by atoms with Gasteiger partial charge in [0.1, 0.15) is 0 Å². The molecule has 0 fully saturated rings. The van der Waals surface area contributed by atoms with Gasteiger partial charge in [-0.3, -0.25) is 0 Å². The summed E-state index contributed by atoms with van der Waals surface area (Å²) in [5.41, 5.74) is -0.416. The molecule has 0 atom stereocenters. The first-order valence-corrected chi connectivity index (χ1v) is 7.18. The van der Waals surface area contributed by atoms with E-state index >= 15 is 0 Å². The predicted octanol–water partition coefficient (Wildman–Crippen LogP) is 3.15. The number of tetrazole rings is 1. The first kappa shape index (κ1) is 16.3. The van der Waals surface area contributed by atoms with Gasteiger partial charge in [0.2, 0.25) is 0 Å². The van der Waals surface area contributed by atoms with Crippen molar-refractivity contribution < 1.29 is 13.2 Å². The van der Waals surface area contributed by atoms with Gasteiger partial charge in [0.15, 0.2) is 0 Å². The summed E-state index contributed by atoms with van der Waals surface area (Å²) in [6, 6.07) is 11.1. The Morgan fingerprint density at radius 1 is 1.00 bits per heavy atom. The molecule has 5 nitrogen and oxygen atoms in total. The zero-order valence-electron chi connectivity index (χ0n) is 12.0. The zero-order valence-corrected chi connectivity index (χ0v) is 12.8. The number of hydrogen-bond donors (Lipinski definition) is 0. The van der Waals surface area contributed by atoms with Crippen LogP contribution < -0.4 is 5.69 Å². The van der Waals surface area contributed by atoms with Crippen LogP contribution >= 0.6 is 11.6 Å². The second kappa shape index (κ2) is 6.12. The maximum atomic E-state index is 12.5. The lowest BCUT2D eigenvalue weighted by Gasteiger charge is -2.07. The van der Waals surface area contributed by atoms with Crippen LogP contribution in [0.25, 0.3) is 5.69 Å². The maximum Gasteiger partial charge on any atom is 0.416 e. The molecule has 3 aromatic rings. The van der Waals surface area contributed by atoms with Gasteiger partial charge in [0, 0.05) is 0 Å². The van der Waals surface area contributed by atoms with Crippen molar-refractivity contribution in [1.29, 1.82) is 0 Å². The summed E-state index contributed by atoms with van der Waals surface area (Å²) in [5, 5.41) is 7.82. The number of hydrogen-bond acceptors (Lipinski definition) is 3. The molecule has 2 aromatic carbocycles. The van der Waals surface area contributed by atoms with Crippen molar-refractivity contribution in [3.05, 3.63) is 75.2 Å². The van der Waals surface area contributed by atoms with E-state index < -0.39 is 17.4 Å². The SMILES string of the molecule is O=c1n(Cc2ccc(C(F)(F)F)cc2)nnn1-c1ccccc1Cl. The molecule has 124 valence electrons. The molecule has 9 heteroatoms. The van der Waals surface area contributed by atoms with Crippen LogP contribution in [0, 0.1) is 0 Å². The van der Waals surface area contributed by atoms with E-state index in [1.165, 1.54) is 12.1 Å². The van der Waals surface area contributed by atoms with E-state index in [0.29, 0.717) is 16.3 Å². The van der Waals surface area contributed by atoms with E-state index in [4.69, 9.17) is 11.6 Å². The highest BCUT2D eigenvalue weighted by atomic mass is 35.5. The lowest BCUT2D eigenvalue weighted by atomic mass is 10.1. The van der Waals surface area contributed by atoms with E-state index in [1.807, 2.05) is 0 Å². The van der Waals surface area contributed by atoms with Crippen molar-refractivity contribution >= 4 is 11.6 Å². The van der Waals surface area contributed by atoms with Crippen molar-refractivity contribution in [2.45, 2.75) is 12.7 Å². The molecular weight excluding hydrogens is 345 g/mol. The average molecular weight is 355 g/mol. The Morgan fingerprint density at radius 2 is 1.67 bits per heavy atom. The maximum absolute atomic E-state index is 12.5. The molecule has 0 amide bonds. The number of para-hydroxylation sites is 1. The standard InChI is InChI=1S/C15H10ClF3N4O/c16-12-3-1-2-4-13(12)23-14(24)22(20-21-23)9-10-5-7-11(8-6-10)15(17,18)19/h1-8H,9H2. The molecule has 0 aliphatic heterocycles. The minimum Gasteiger partial charge on any atom is -0.244 e. The summed E-state index contributed by atoms with van der Waals surface area (Å²) >= 11 is 6.02. The second-order valence-electron chi connectivity index (χ2n) is 4.98. The molecule has 0 spiro atoms. The number of nitrogens with zero attached hydrogens (tertiary/aromatic N) is 4. The Morgan fingerprint density at radius 3 is 2.29 bits per heavy atom. The Balaban J connectivity index is 1.87. The van der Waals surface area contributed by atoms with Crippen LogP contribution in [0.15, 0.2) is 53.3 Å². The van der Waals surface area contributed by atoms with Crippen LogP contribution in [0.4, 0.5) is 13.2 Å². The quantitative estimate of drug-likeness (QED) is 0.726. The third kappa shape index (κ3) is 3.18. The van der Waals surface area contributed by atoms with Gasteiger partial charge in [-0.05, 0) is 40.3 Å². The summed E-state index contributed by atoms with van der Waals surface area (Å²) < 4.78 is 39.7. The van der Waals surface area contributed by atoms with Crippen molar-refractivity contribution in [1.82, 2.24) is 19.8 Å². The molecule has 0 bridgehead atoms. The zero-order chi connectivity index (χ0) is 17.3. The summed E-state index contributed by atoms with van der Waals surface area (Å²) in [7, 11) is 0. The molecule has 0 saturated heterocycles. The largest absolute Gasteiger partial charge is 0.416 e. The highest BCUT2D eigenvalue weighted by Gasteiger charge is 2.29. The van der Waals surface area contributed by atoms with Crippen LogP contribution in [-0.2, 0) is 12.7 Å².